The molecule has 0 saturated heterocycles. The van der Waals surface area contributed by atoms with Crippen LogP contribution in [-0.2, 0) is 4.74 Å². The molecular formula is C13H9NO4. The highest BCUT2D eigenvalue weighted by Gasteiger charge is 2.11. The highest BCUT2D eigenvalue weighted by molar-refractivity contribution is 6.07. The van der Waals surface area contributed by atoms with Crippen molar-refractivity contribution in [3.63, 3.8) is 0 Å². The minimum absolute atomic E-state index is 0.367. The van der Waals surface area contributed by atoms with E-state index >= 15 is 0 Å². The van der Waals surface area contributed by atoms with Gasteiger partial charge in [-0.15, -0.1) is 0 Å². The number of esters is 1. The smallest absolute Gasteiger partial charge is 0.354 e. The van der Waals surface area contributed by atoms with Crippen molar-refractivity contribution in [1.82, 2.24) is 4.98 Å². The molecule has 90 valence electrons. The first-order chi connectivity index (χ1) is 8.69. The van der Waals surface area contributed by atoms with Crippen molar-refractivity contribution in [2.24, 2.45) is 0 Å². The fourth-order valence-corrected chi connectivity index (χ4v) is 1.98. The molecule has 2 aromatic heterocycles. The van der Waals surface area contributed by atoms with Crippen LogP contribution in [0.2, 0.25) is 0 Å². The number of fused-ring (bicyclic) bond motifs is 3. The molecule has 1 aromatic carbocycles. The van der Waals surface area contributed by atoms with E-state index in [1.165, 1.54) is 13.2 Å². The topological polar surface area (TPSA) is 72.3 Å². The summed E-state index contributed by atoms with van der Waals surface area (Å²) >= 11 is 0. The molecule has 0 aliphatic carbocycles. The third-order valence-corrected chi connectivity index (χ3v) is 2.81. The number of aromatic nitrogens is 1. The lowest BCUT2D eigenvalue weighted by Gasteiger charge is -1.96. The van der Waals surface area contributed by atoms with Crippen LogP contribution < -0.4 is 5.63 Å². The number of benzene rings is 1. The third kappa shape index (κ3) is 1.48. The first kappa shape index (κ1) is 10.6. The van der Waals surface area contributed by atoms with Gasteiger partial charge in [-0.3, -0.25) is 0 Å². The second kappa shape index (κ2) is 3.73. The van der Waals surface area contributed by atoms with Gasteiger partial charge in [-0.25, -0.2) is 9.59 Å². The molecule has 1 N–H and O–H groups in total. The van der Waals surface area contributed by atoms with E-state index in [0.717, 1.165) is 16.3 Å². The van der Waals surface area contributed by atoms with E-state index in [1.807, 2.05) is 0 Å². The van der Waals surface area contributed by atoms with E-state index in [0.29, 0.717) is 11.3 Å². The molecule has 0 fully saturated rings. The largest absolute Gasteiger partial charge is 0.464 e. The average Bonchev–Trinajstić information content (AvgIpc) is 2.81. The summed E-state index contributed by atoms with van der Waals surface area (Å²) in [5, 5.41) is 1.59. The third-order valence-electron chi connectivity index (χ3n) is 2.81. The standard InChI is InChI=1S/C13H9NO4/c1-17-13(16)10-6-8-7-2-5-12(15)18-11(7)4-3-9(8)14-10/h2-6,14H,1H3. The van der Waals surface area contributed by atoms with Crippen molar-refractivity contribution >= 4 is 27.8 Å². The number of aromatic amines is 1. The van der Waals surface area contributed by atoms with E-state index in [9.17, 15) is 9.59 Å². The minimum Gasteiger partial charge on any atom is -0.464 e. The second-order valence-corrected chi connectivity index (χ2v) is 3.87. The van der Waals surface area contributed by atoms with E-state index < -0.39 is 11.6 Å². The number of carbonyl (C=O) groups is 1. The van der Waals surface area contributed by atoms with Crippen LogP contribution in [0, 0.1) is 0 Å². The van der Waals surface area contributed by atoms with Crippen LogP contribution in [0.3, 0.4) is 0 Å². The lowest BCUT2D eigenvalue weighted by atomic mass is 10.1. The maximum absolute atomic E-state index is 11.4. The van der Waals surface area contributed by atoms with Gasteiger partial charge in [0.1, 0.15) is 11.3 Å². The Morgan fingerprint density at radius 1 is 1.22 bits per heavy atom. The van der Waals surface area contributed by atoms with Crippen LogP contribution in [0.1, 0.15) is 10.5 Å². The van der Waals surface area contributed by atoms with Gasteiger partial charge in [-0.05, 0) is 24.3 Å². The summed E-state index contributed by atoms with van der Waals surface area (Å²) in [5.74, 6) is -0.434. The fourth-order valence-electron chi connectivity index (χ4n) is 1.98. The Balaban J connectivity index is 2.36. The van der Waals surface area contributed by atoms with Crippen molar-refractivity contribution < 1.29 is 13.9 Å². The first-order valence-corrected chi connectivity index (χ1v) is 5.33. The summed E-state index contributed by atoms with van der Waals surface area (Å²) in [5.41, 5.74) is 1.25. The highest BCUT2D eigenvalue weighted by atomic mass is 16.5. The van der Waals surface area contributed by atoms with Crippen molar-refractivity contribution in [1.29, 1.82) is 0 Å². The molecule has 0 radical (unpaired) electrons. The zero-order valence-corrected chi connectivity index (χ0v) is 9.52. The molecule has 5 heteroatoms. The summed E-state index contributed by atoms with van der Waals surface area (Å²) in [6, 6.07) is 8.16. The highest BCUT2D eigenvalue weighted by Crippen LogP contribution is 2.25. The van der Waals surface area contributed by atoms with Crippen molar-refractivity contribution in [3.8, 4) is 0 Å². The van der Waals surface area contributed by atoms with Gasteiger partial charge in [0.15, 0.2) is 0 Å². The Morgan fingerprint density at radius 3 is 2.83 bits per heavy atom. The molecular weight excluding hydrogens is 234 g/mol. The lowest BCUT2D eigenvalue weighted by Crippen LogP contribution is -2.00. The van der Waals surface area contributed by atoms with Gasteiger partial charge in [-0.2, -0.15) is 0 Å². The molecule has 0 aliphatic rings. The number of hydrogen-bond acceptors (Lipinski definition) is 4. The number of ether oxygens (including phenoxy) is 1. The molecule has 0 bridgehead atoms. The normalized spacial score (nSPS) is 10.9. The monoisotopic (exact) mass is 243 g/mol. The predicted octanol–water partition coefficient (Wildman–Crippen LogP) is 2.06. The van der Waals surface area contributed by atoms with Gasteiger partial charge in [0.2, 0.25) is 0 Å². The van der Waals surface area contributed by atoms with Crippen molar-refractivity contribution in [3.05, 3.63) is 46.4 Å². The number of nitrogens with one attached hydrogen (secondary N) is 1. The minimum atomic E-state index is -0.434. The molecule has 0 spiro atoms. The van der Waals surface area contributed by atoms with Crippen LogP contribution in [0.15, 0.2) is 39.5 Å². The summed E-state index contributed by atoms with van der Waals surface area (Å²) in [4.78, 5) is 25.5. The molecule has 0 amide bonds. The SMILES string of the molecule is COC(=O)c1cc2c(ccc3oc(=O)ccc32)[nH]1. The average molecular weight is 243 g/mol. The fraction of sp³-hybridized carbons (Fsp3) is 0.0769. The van der Waals surface area contributed by atoms with Gasteiger partial charge in [0.25, 0.3) is 0 Å². The Bertz CT molecular complexity index is 813. The molecule has 0 unspecified atom stereocenters. The van der Waals surface area contributed by atoms with Crippen molar-refractivity contribution in [2.45, 2.75) is 0 Å². The number of H-pyrrole nitrogens is 1. The second-order valence-electron chi connectivity index (χ2n) is 3.87. The molecule has 5 nitrogen and oxygen atoms in total. The molecule has 3 rings (SSSR count). The van der Waals surface area contributed by atoms with Gasteiger partial charge >= 0.3 is 11.6 Å². The predicted molar refractivity (Wildman–Crippen MR) is 65.7 cm³/mol. The van der Waals surface area contributed by atoms with E-state index in [4.69, 9.17) is 4.42 Å². The zero-order chi connectivity index (χ0) is 12.7. The summed E-state index contributed by atoms with van der Waals surface area (Å²) in [6.45, 7) is 0. The van der Waals surface area contributed by atoms with Crippen molar-refractivity contribution in [2.75, 3.05) is 7.11 Å². The molecule has 0 atom stereocenters. The van der Waals surface area contributed by atoms with E-state index in [-0.39, 0.29) is 0 Å². The summed E-state index contributed by atoms with van der Waals surface area (Å²) < 4.78 is 9.73. The van der Waals surface area contributed by atoms with Crippen LogP contribution in [0.5, 0.6) is 0 Å². The van der Waals surface area contributed by atoms with E-state index in [2.05, 4.69) is 9.72 Å². The number of hydrogen-bond donors (Lipinski definition) is 1. The van der Waals surface area contributed by atoms with Crippen LogP contribution >= 0.6 is 0 Å². The molecule has 0 aliphatic heterocycles. The Labute approximate surface area is 101 Å². The molecule has 3 aromatic rings. The maximum atomic E-state index is 11.4. The summed E-state index contributed by atoms with van der Waals surface area (Å²) in [6.07, 6.45) is 0. The Kier molecular flexibility index (Phi) is 2.19. The molecule has 18 heavy (non-hydrogen) atoms. The molecule has 0 saturated carbocycles. The van der Waals surface area contributed by atoms with Crippen LogP contribution in [0.25, 0.3) is 21.9 Å². The number of methoxy groups -OCH3 is 1. The lowest BCUT2D eigenvalue weighted by molar-refractivity contribution is 0.0595. The Hall–Kier alpha value is -2.56. The Morgan fingerprint density at radius 2 is 2.06 bits per heavy atom. The van der Waals surface area contributed by atoms with Gasteiger partial charge < -0.3 is 14.1 Å². The molecule has 2 heterocycles. The maximum Gasteiger partial charge on any atom is 0.354 e. The van der Waals surface area contributed by atoms with E-state index in [1.54, 1.807) is 24.3 Å². The van der Waals surface area contributed by atoms with Gasteiger partial charge in [0.05, 0.1) is 7.11 Å². The number of rotatable bonds is 1. The van der Waals surface area contributed by atoms with Crippen LogP contribution in [0.4, 0.5) is 0 Å². The van der Waals surface area contributed by atoms with Crippen LogP contribution in [-0.4, -0.2) is 18.1 Å². The number of carbonyl (C=O) groups excluding carboxylic acids is 1. The zero-order valence-electron chi connectivity index (χ0n) is 9.52. The van der Waals surface area contributed by atoms with Gasteiger partial charge in [-0.1, -0.05) is 0 Å². The summed E-state index contributed by atoms with van der Waals surface area (Å²) in [7, 11) is 1.32. The first-order valence-electron chi connectivity index (χ1n) is 5.33. The van der Waals surface area contributed by atoms with Gasteiger partial charge in [0, 0.05) is 22.4 Å². The quantitative estimate of drug-likeness (QED) is 0.524.